The van der Waals surface area contributed by atoms with E-state index in [1.54, 1.807) is 17.3 Å². The third-order valence-electron chi connectivity index (χ3n) is 6.98. The molecule has 1 aliphatic rings. The van der Waals surface area contributed by atoms with Gasteiger partial charge in [0.15, 0.2) is 11.6 Å². The summed E-state index contributed by atoms with van der Waals surface area (Å²) in [7, 11) is -3.25. The molecule has 0 radical (unpaired) electrons. The third-order valence-corrected chi connectivity index (χ3v) is 8.86. The van der Waals surface area contributed by atoms with Crippen LogP contribution in [0.2, 0.25) is 0 Å². The molecular formula is C26H28F2N4O3S. The fourth-order valence-electron chi connectivity index (χ4n) is 5.12. The zero-order valence-electron chi connectivity index (χ0n) is 20.5. The molecule has 2 aromatic carbocycles. The Hall–Kier alpha value is -3.11. The number of piperidine rings is 1. The lowest BCUT2D eigenvalue weighted by Gasteiger charge is -2.32. The van der Waals surface area contributed by atoms with Crippen LogP contribution in [0.15, 0.2) is 40.9 Å². The van der Waals surface area contributed by atoms with Gasteiger partial charge in [-0.2, -0.15) is 0 Å². The highest BCUT2D eigenvalue weighted by atomic mass is 32.2. The Morgan fingerprint density at radius 3 is 2.44 bits per heavy atom. The maximum Gasteiger partial charge on any atom is 0.213 e. The first-order valence-electron chi connectivity index (χ1n) is 12.0. The highest BCUT2D eigenvalue weighted by Crippen LogP contribution is 2.34. The van der Waals surface area contributed by atoms with Crippen LogP contribution in [0, 0.1) is 25.5 Å². The number of fused-ring (bicyclic) bond motifs is 1. The summed E-state index contributed by atoms with van der Waals surface area (Å²) in [5.74, 6) is -0.256. The molecule has 1 fully saturated rings. The zero-order valence-corrected chi connectivity index (χ0v) is 21.3. The van der Waals surface area contributed by atoms with Gasteiger partial charge in [-0.1, -0.05) is 17.3 Å². The first kappa shape index (κ1) is 24.6. The second-order valence-electron chi connectivity index (χ2n) is 9.26. The topological polar surface area (TPSA) is 81.2 Å². The SMILES string of the molecule is CCS(=O)(=O)N1CCC(n2c(Cc3ccc(F)c(F)c3)nc3cc(-c4c(C)noc4C)ccc32)CC1. The predicted molar refractivity (Wildman–Crippen MR) is 133 cm³/mol. The van der Waals surface area contributed by atoms with Crippen LogP contribution in [0.4, 0.5) is 8.78 Å². The number of imidazole rings is 1. The fourth-order valence-corrected chi connectivity index (χ4v) is 6.26. The van der Waals surface area contributed by atoms with Crippen LogP contribution in [-0.4, -0.2) is 46.3 Å². The maximum atomic E-state index is 13.9. The van der Waals surface area contributed by atoms with E-state index < -0.39 is 21.7 Å². The number of sulfonamides is 1. The van der Waals surface area contributed by atoms with Gasteiger partial charge in [-0.25, -0.2) is 26.5 Å². The van der Waals surface area contributed by atoms with Crippen molar-refractivity contribution in [3.05, 3.63) is 70.9 Å². The molecule has 1 aliphatic heterocycles. The Morgan fingerprint density at radius 1 is 1.06 bits per heavy atom. The molecule has 0 amide bonds. The van der Waals surface area contributed by atoms with Gasteiger partial charge in [0, 0.05) is 31.1 Å². The van der Waals surface area contributed by atoms with Crippen LogP contribution >= 0.6 is 0 Å². The van der Waals surface area contributed by atoms with E-state index in [2.05, 4.69) is 9.72 Å². The summed E-state index contributed by atoms with van der Waals surface area (Å²) in [6, 6.07) is 9.92. The lowest BCUT2D eigenvalue weighted by atomic mass is 10.0. The van der Waals surface area contributed by atoms with Crippen molar-refractivity contribution >= 4 is 21.1 Å². The smallest absolute Gasteiger partial charge is 0.213 e. The van der Waals surface area contributed by atoms with E-state index in [9.17, 15) is 17.2 Å². The van der Waals surface area contributed by atoms with Gasteiger partial charge in [0.05, 0.1) is 22.5 Å². The molecule has 0 N–H and O–H groups in total. The Labute approximate surface area is 208 Å². The van der Waals surface area contributed by atoms with Crippen molar-refractivity contribution < 1.29 is 21.7 Å². The number of halogens is 2. The number of hydrogen-bond acceptors (Lipinski definition) is 5. The first-order valence-corrected chi connectivity index (χ1v) is 13.6. The van der Waals surface area contributed by atoms with Gasteiger partial charge in [0.25, 0.3) is 0 Å². The predicted octanol–water partition coefficient (Wildman–Crippen LogP) is 5.16. The largest absolute Gasteiger partial charge is 0.361 e. The van der Waals surface area contributed by atoms with Gasteiger partial charge in [-0.15, -0.1) is 0 Å². The summed E-state index contributed by atoms with van der Waals surface area (Å²) in [6.07, 6.45) is 1.60. The first-order chi connectivity index (χ1) is 17.2. The normalized spacial score (nSPS) is 15.7. The molecule has 2 aromatic heterocycles. The molecule has 3 heterocycles. The van der Waals surface area contributed by atoms with Crippen molar-refractivity contribution in [2.75, 3.05) is 18.8 Å². The van der Waals surface area contributed by atoms with Crippen LogP contribution < -0.4 is 0 Å². The second-order valence-corrected chi connectivity index (χ2v) is 11.5. The van der Waals surface area contributed by atoms with Gasteiger partial charge in [0.1, 0.15) is 11.6 Å². The molecule has 36 heavy (non-hydrogen) atoms. The molecule has 1 saturated heterocycles. The third kappa shape index (κ3) is 4.43. The van der Waals surface area contributed by atoms with E-state index in [4.69, 9.17) is 9.51 Å². The number of hydrogen-bond donors (Lipinski definition) is 0. The van der Waals surface area contributed by atoms with Crippen molar-refractivity contribution in [1.29, 1.82) is 0 Å². The number of aromatic nitrogens is 3. The molecular weight excluding hydrogens is 486 g/mol. The van der Waals surface area contributed by atoms with E-state index in [-0.39, 0.29) is 11.8 Å². The molecule has 5 rings (SSSR count). The highest BCUT2D eigenvalue weighted by molar-refractivity contribution is 7.89. The molecule has 0 aliphatic carbocycles. The number of aryl methyl sites for hydroxylation is 2. The van der Waals surface area contributed by atoms with E-state index >= 15 is 0 Å². The second kappa shape index (κ2) is 9.40. The van der Waals surface area contributed by atoms with Crippen LogP contribution in [0.25, 0.3) is 22.2 Å². The Kier molecular flexibility index (Phi) is 6.42. The standard InChI is InChI=1S/C26H28F2N4O3S/c1-4-36(33,34)31-11-9-20(10-12-31)32-24-8-6-19(26-16(2)30-35-17(26)3)15-23(24)29-25(32)14-18-5-7-21(27)22(28)13-18/h5-8,13,15,20H,4,9-12,14H2,1-3H3. The molecule has 4 aromatic rings. The summed E-state index contributed by atoms with van der Waals surface area (Å²) in [5, 5.41) is 4.05. The van der Waals surface area contributed by atoms with Gasteiger partial charge in [-0.3, -0.25) is 0 Å². The number of rotatable bonds is 6. The van der Waals surface area contributed by atoms with E-state index in [1.807, 2.05) is 32.0 Å². The Balaban J connectivity index is 1.56. The Morgan fingerprint density at radius 2 is 1.81 bits per heavy atom. The molecule has 10 heteroatoms. The van der Waals surface area contributed by atoms with Crippen molar-refractivity contribution in [1.82, 2.24) is 19.0 Å². The van der Waals surface area contributed by atoms with Crippen LogP contribution in [0.5, 0.6) is 0 Å². The summed E-state index contributed by atoms with van der Waals surface area (Å²) >= 11 is 0. The van der Waals surface area contributed by atoms with Crippen LogP contribution in [-0.2, 0) is 16.4 Å². The minimum absolute atomic E-state index is 0.0310. The summed E-state index contributed by atoms with van der Waals surface area (Å²) in [5.41, 5.74) is 4.95. The molecule has 0 saturated carbocycles. The highest BCUT2D eigenvalue weighted by Gasteiger charge is 2.30. The molecule has 7 nitrogen and oxygen atoms in total. The minimum atomic E-state index is -3.25. The van der Waals surface area contributed by atoms with E-state index in [1.165, 1.54) is 6.07 Å². The van der Waals surface area contributed by atoms with E-state index in [0.717, 1.165) is 45.5 Å². The molecule has 0 spiro atoms. The minimum Gasteiger partial charge on any atom is -0.361 e. The van der Waals surface area contributed by atoms with Crippen molar-refractivity contribution in [2.45, 2.75) is 46.1 Å². The number of benzene rings is 2. The van der Waals surface area contributed by atoms with Gasteiger partial charge in [-0.05, 0) is 69.0 Å². The van der Waals surface area contributed by atoms with Crippen LogP contribution in [0.1, 0.15) is 48.6 Å². The maximum absolute atomic E-state index is 13.9. The average Bonchev–Trinajstić information content (AvgIpc) is 3.39. The molecule has 0 atom stereocenters. The Bertz CT molecular complexity index is 1520. The van der Waals surface area contributed by atoms with Crippen molar-refractivity contribution in [3.63, 3.8) is 0 Å². The molecule has 190 valence electrons. The quantitative estimate of drug-likeness (QED) is 0.355. The summed E-state index contributed by atoms with van der Waals surface area (Å²) < 4.78 is 61.2. The monoisotopic (exact) mass is 514 g/mol. The summed E-state index contributed by atoms with van der Waals surface area (Å²) in [6.45, 7) is 6.28. The molecule has 0 unspecified atom stereocenters. The van der Waals surface area contributed by atoms with Gasteiger partial charge < -0.3 is 9.09 Å². The lowest BCUT2D eigenvalue weighted by molar-refractivity contribution is 0.274. The van der Waals surface area contributed by atoms with Crippen molar-refractivity contribution in [3.8, 4) is 11.1 Å². The fraction of sp³-hybridized carbons (Fsp3) is 0.385. The summed E-state index contributed by atoms with van der Waals surface area (Å²) in [4.78, 5) is 4.91. The molecule has 0 bridgehead atoms. The zero-order chi connectivity index (χ0) is 25.6. The lowest BCUT2D eigenvalue weighted by Crippen LogP contribution is -2.40. The van der Waals surface area contributed by atoms with Gasteiger partial charge >= 0.3 is 0 Å². The van der Waals surface area contributed by atoms with Crippen LogP contribution in [0.3, 0.4) is 0 Å². The number of nitrogens with zero attached hydrogens (tertiary/aromatic N) is 4. The van der Waals surface area contributed by atoms with Gasteiger partial charge in [0.2, 0.25) is 10.0 Å². The van der Waals surface area contributed by atoms with E-state index in [0.29, 0.717) is 37.9 Å². The average molecular weight is 515 g/mol. The van der Waals surface area contributed by atoms with Crippen molar-refractivity contribution in [2.24, 2.45) is 0 Å².